The van der Waals surface area contributed by atoms with Crippen LogP contribution in [0.5, 0.6) is 0 Å². The van der Waals surface area contributed by atoms with Crippen molar-refractivity contribution in [3.63, 3.8) is 0 Å². The first-order valence-electron chi connectivity index (χ1n) is 5.68. The van der Waals surface area contributed by atoms with E-state index in [1.165, 1.54) is 23.1 Å². The van der Waals surface area contributed by atoms with Crippen molar-refractivity contribution in [2.75, 3.05) is 24.8 Å². The van der Waals surface area contributed by atoms with Gasteiger partial charge >= 0.3 is 0 Å². The number of thioether (sulfide) groups is 1. The lowest BCUT2D eigenvalue weighted by Gasteiger charge is -2.24. The lowest BCUT2D eigenvalue weighted by atomic mass is 10.1. The van der Waals surface area contributed by atoms with Crippen molar-refractivity contribution >= 4 is 29.0 Å². The zero-order chi connectivity index (χ0) is 14.6. The quantitative estimate of drug-likeness (QED) is 0.507. The average molecular weight is 283 g/mol. The number of nitrogens with zero attached hydrogens (tertiary/aromatic N) is 2. The fourth-order valence-electron chi connectivity index (χ4n) is 1.63. The molecule has 0 saturated heterocycles. The highest BCUT2D eigenvalue weighted by atomic mass is 32.2. The van der Waals surface area contributed by atoms with Gasteiger partial charge in [-0.3, -0.25) is 14.9 Å². The molecule has 104 valence electrons. The molecule has 19 heavy (non-hydrogen) atoms. The number of carbonyl (C=O) groups is 1. The lowest BCUT2D eigenvalue weighted by Crippen LogP contribution is -2.36. The van der Waals surface area contributed by atoms with Crippen LogP contribution in [0, 0.1) is 10.1 Å². The molecule has 0 fully saturated rings. The predicted octanol–water partition coefficient (Wildman–Crippen LogP) is 2.00. The molecule has 2 N–H and O–H groups in total. The summed E-state index contributed by atoms with van der Waals surface area (Å²) in [4.78, 5) is 24.2. The smallest absolute Gasteiger partial charge is 0.282 e. The molecule has 1 aromatic rings. The summed E-state index contributed by atoms with van der Waals surface area (Å²) in [6.07, 6.45) is 1.94. The second-order valence-electron chi connectivity index (χ2n) is 4.25. The molecule has 0 spiro atoms. The highest BCUT2D eigenvalue weighted by molar-refractivity contribution is 7.98. The lowest BCUT2D eigenvalue weighted by molar-refractivity contribution is -0.385. The van der Waals surface area contributed by atoms with E-state index < -0.39 is 4.92 Å². The van der Waals surface area contributed by atoms with Gasteiger partial charge in [-0.2, -0.15) is 11.8 Å². The highest BCUT2D eigenvalue weighted by Gasteiger charge is 2.25. The van der Waals surface area contributed by atoms with Gasteiger partial charge < -0.3 is 10.6 Å². The SMILES string of the molecule is CSCC(C)N(C)C(=O)c1cc(N)ccc1[N+](=O)[O-]. The van der Waals surface area contributed by atoms with E-state index in [2.05, 4.69) is 0 Å². The van der Waals surface area contributed by atoms with Crippen molar-refractivity contribution in [1.29, 1.82) is 0 Å². The van der Waals surface area contributed by atoms with E-state index in [9.17, 15) is 14.9 Å². The Morgan fingerprint density at radius 3 is 2.74 bits per heavy atom. The molecule has 1 rings (SSSR count). The summed E-state index contributed by atoms with van der Waals surface area (Å²) >= 11 is 1.61. The Kier molecular flexibility index (Phi) is 5.17. The van der Waals surface area contributed by atoms with E-state index in [0.29, 0.717) is 5.69 Å². The third-order valence-electron chi connectivity index (χ3n) is 2.84. The second kappa shape index (κ2) is 6.42. The summed E-state index contributed by atoms with van der Waals surface area (Å²) in [7, 11) is 1.64. The van der Waals surface area contributed by atoms with Crippen molar-refractivity contribution < 1.29 is 9.72 Å². The van der Waals surface area contributed by atoms with Crippen molar-refractivity contribution in [3.8, 4) is 0 Å². The molecule has 0 saturated carbocycles. The van der Waals surface area contributed by atoms with Gasteiger partial charge in [-0.05, 0) is 25.3 Å². The van der Waals surface area contributed by atoms with Crippen LogP contribution in [0.1, 0.15) is 17.3 Å². The topological polar surface area (TPSA) is 89.5 Å². The Bertz CT molecular complexity index is 493. The zero-order valence-corrected chi connectivity index (χ0v) is 11.9. The Morgan fingerprint density at radius 2 is 2.21 bits per heavy atom. The fourth-order valence-corrected chi connectivity index (χ4v) is 2.33. The Hall–Kier alpha value is -1.76. The molecule has 0 aliphatic rings. The molecule has 1 aromatic carbocycles. The van der Waals surface area contributed by atoms with Gasteiger partial charge in [0.1, 0.15) is 5.56 Å². The number of carbonyl (C=O) groups excluding carboxylic acids is 1. The van der Waals surface area contributed by atoms with Gasteiger partial charge in [0.05, 0.1) is 4.92 Å². The number of rotatable bonds is 5. The third-order valence-corrected chi connectivity index (χ3v) is 3.65. The summed E-state index contributed by atoms with van der Waals surface area (Å²) < 4.78 is 0. The van der Waals surface area contributed by atoms with Crippen LogP contribution in [0.2, 0.25) is 0 Å². The standard InChI is InChI=1S/C12H17N3O3S/c1-8(7-19-3)14(2)12(16)10-6-9(13)4-5-11(10)15(17)18/h4-6,8H,7,13H2,1-3H3. The molecule has 1 amide bonds. The third kappa shape index (κ3) is 3.60. The molecule has 0 aliphatic carbocycles. The Labute approximate surface area is 116 Å². The molecule has 7 heteroatoms. The highest BCUT2D eigenvalue weighted by Crippen LogP contribution is 2.23. The number of nitro benzene ring substituents is 1. The molecule has 0 heterocycles. The van der Waals surface area contributed by atoms with Gasteiger partial charge in [0, 0.05) is 30.6 Å². The molecular weight excluding hydrogens is 266 g/mol. The van der Waals surface area contributed by atoms with Crippen LogP contribution in [0.4, 0.5) is 11.4 Å². The van der Waals surface area contributed by atoms with Crippen LogP contribution in [0.3, 0.4) is 0 Å². The Balaban J connectivity index is 3.11. The maximum atomic E-state index is 12.3. The minimum atomic E-state index is -0.570. The largest absolute Gasteiger partial charge is 0.399 e. The average Bonchev–Trinajstić information content (AvgIpc) is 2.36. The van der Waals surface area contributed by atoms with Crippen molar-refractivity contribution in [2.24, 2.45) is 0 Å². The Morgan fingerprint density at radius 1 is 1.58 bits per heavy atom. The summed E-state index contributed by atoms with van der Waals surface area (Å²) in [6, 6.07) is 4.02. The first-order valence-corrected chi connectivity index (χ1v) is 7.07. The zero-order valence-electron chi connectivity index (χ0n) is 11.1. The van der Waals surface area contributed by atoms with Gasteiger partial charge in [0.2, 0.25) is 0 Å². The number of nitrogen functional groups attached to an aromatic ring is 1. The van der Waals surface area contributed by atoms with E-state index in [0.717, 1.165) is 5.75 Å². The van der Waals surface area contributed by atoms with Crippen LogP contribution in [0.25, 0.3) is 0 Å². The minimum absolute atomic E-state index is 0.0106. The number of hydrogen-bond donors (Lipinski definition) is 1. The van der Waals surface area contributed by atoms with Gasteiger partial charge in [0.15, 0.2) is 0 Å². The number of hydrogen-bond acceptors (Lipinski definition) is 5. The first kappa shape index (κ1) is 15.3. The number of amides is 1. The van der Waals surface area contributed by atoms with E-state index in [1.807, 2.05) is 13.2 Å². The monoisotopic (exact) mass is 283 g/mol. The van der Waals surface area contributed by atoms with Gasteiger partial charge in [-0.1, -0.05) is 0 Å². The second-order valence-corrected chi connectivity index (χ2v) is 5.16. The first-order chi connectivity index (χ1) is 8.88. The van der Waals surface area contributed by atoms with Gasteiger partial charge in [0.25, 0.3) is 11.6 Å². The maximum Gasteiger partial charge on any atom is 0.282 e. The van der Waals surface area contributed by atoms with Crippen LogP contribution in [0.15, 0.2) is 18.2 Å². The maximum absolute atomic E-state index is 12.3. The van der Waals surface area contributed by atoms with Crippen LogP contribution >= 0.6 is 11.8 Å². The molecule has 0 bridgehead atoms. The van der Waals surface area contributed by atoms with Crippen LogP contribution in [-0.2, 0) is 0 Å². The predicted molar refractivity (Wildman–Crippen MR) is 77.4 cm³/mol. The van der Waals surface area contributed by atoms with E-state index >= 15 is 0 Å². The van der Waals surface area contributed by atoms with E-state index in [4.69, 9.17) is 5.73 Å². The minimum Gasteiger partial charge on any atom is -0.399 e. The number of anilines is 1. The summed E-state index contributed by atoms with van der Waals surface area (Å²) in [5, 5.41) is 10.9. The molecule has 1 atom stereocenters. The van der Waals surface area contributed by atoms with Crippen molar-refractivity contribution in [3.05, 3.63) is 33.9 Å². The number of nitrogens with two attached hydrogens (primary N) is 1. The number of nitro groups is 1. The van der Waals surface area contributed by atoms with E-state index in [-0.39, 0.29) is 23.2 Å². The van der Waals surface area contributed by atoms with Gasteiger partial charge in [-0.15, -0.1) is 0 Å². The normalized spacial score (nSPS) is 11.9. The van der Waals surface area contributed by atoms with Gasteiger partial charge in [-0.25, -0.2) is 0 Å². The van der Waals surface area contributed by atoms with Crippen molar-refractivity contribution in [1.82, 2.24) is 4.90 Å². The molecule has 0 aromatic heterocycles. The summed E-state index contributed by atoms with van der Waals surface area (Å²) in [6.45, 7) is 1.90. The molecule has 0 radical (unpaired) electrons. The molecule has 6 nitrogen and oxygen atoms in total. The fraction of sp³-hybridized carbons (Fsp3) is 0.417. The summed E-state index contributed by atoms with van der Waals surface area (Å²) in [5.74, 6) is 0.374. The number of benzene rings is 1. The van der Waals surface area contributed by atoms with Crippen LogP contribution < -0.4 is 5.73 Å². The summed E-state index contributed by atoms with van der Waals surface area (Å²) in [5.41, 5.74) is 5.74. The molecular formula is C12H17N3O3S. The van der Waals surface area contributed by atoms with Crippen molar-refractivity contribution in [2.45, 2.75) is 13.0 Å². The van der Waals surface area contributed by atoms with Crippen LogP contribution in [-0.4, -0.2) is 40.8 Å². The van der Waals surface area contributed by atoms with E-state index in [1.54, 1.807) is 18.8 Å². The molecule has 0 aliphatic heterocycles. The molecule has 1 unspecified atom stereocenters.